The maximum Gasteiger partial charge on any atom is 0.272 e. The van der Waals surface area contributed by atoms with Crippen LogP contribution in [-0.2, 0) is 19.7 Å². The van der Waals surface area contributed by atoms with Gasteiger partial charge in [-0.15, -0.1) is 0 Å². The first-order valence-electron chi connectivity index (χ1n) is 8.64. The van der Waals surface area contributed by atoms with Gasteiger partial charge < -0.3 is 27.0 Å². The van der Waals surface area contributed by atoms with Crippen molar-refractivity contribution in [3.63, 3.8) is 0 Å². The van der Waals surface area contributed by atoms with E-state index in [-0.39, 0.29) is 24.6 Å². The minimum Gasteiger partial charge on any atom is -0.393 e. The van der Waals surface area contributed by atoms with Crippen LogP contribution < -0.4 is 27.5 Å². The molecule has 2 rings (SSSR count). The number of nitrogens with zero attached hydrogens (tertiary/aromatic N) is 1. The highest BCUT2D eigenvalue weighted by Crippen LogP contribution is 2.28. The molecule has 8 N–H and O–H groups in total. The Morgan fingerprint density at radius 3 is 2.58 bits per heavy atom. The summed E-state index contributed by atoms with van der Waals surface area (Å²) in [6.45, 7) is 1.38. The molecule has 0 spiro atoms. The predicted molar refractivity (Wildman–Crippen MR) is 112 cm³/mol. The average Bonchev–Trinajstić information content (AvgIpc) is 2.65. The highest BCUT2D eigenvalue weighted by molar-refractivity contribution is 7.92. The number of sulfonamides is 1. The number of guanidine groups is 1. The Bertz CT molecular complexity index is 1180. The quantitative estimate of drug-likeness (QED) is 0.150. The van der Waals surface area contributed by atoms with Crippen molar-refractivity contribution >= 4 is 39.2 Å². The number of aromatic nitrogens is 1. The zero-order valence-electron chi connectivity index (χ0n) is 16.2. The Hall–Kier alpha value is -3.32. The number of primary amides is 1. The maximum absolute atomic E-state index is 13.4. The van der Waals surface area contributed by atoms with E-state index in [9.17, 15) is 22.4 Å². The van der Waals surface area contributed by atoms with Crippen molar-refractivity contribution in [3.05, 3.63) is 56.7 Å². The Kier molecular flexibility index (Phi) is 7.46. The number of carbonyl (C=O) groups is 1. The molecule has 1 atom stereocenters. The molecule has 0 saturated heterocycles. The van der Waals surface area contributed by atoms with E-state index in [0.717, 1.165) is 18.2 Å². The highest BCUT2D eigenvalue weighted by Gasteiger charge is 2.27. The van der Waals surface area contributed by atoms with Gasteiger partial charge in [-0.25, -0.2) is 12.8 Å². The summed E-state index contributed by atoms with van der Waals surface area (Å²) in [5.74, 6) is -3.12. The van der Waals surface area contributed by atoms with E-state index >= 15 is 0 Å². The van der Waals surface area contributed by atoms with Gasteiger partial charge in [0.25, 0.3) is 15.6 Å². The number of nitrogens with two attached hydrogens (primary N) is 3. The second kappa shape index (κ2) is 9.66. The van der Waals surface area contributed by atoms with Crippen LogP contribution in [0.2, 0.25) is 5.02 Å². The van der Waals surface area contributed by atoms with E-state index < -0.39 is 48.8 Å². The van der Waals surface area contributed by atoms with Crippen molar-refractivity contribution in [2.45, 2.75) is 24.2 Å². The van der Waals surface area contributed by atoms with Crippen LogP contribution in [0.25, 0.3) is 0 Å². The van der Waals surface area contributed by atoms with Gasteiger partial charge in [-0.1, -0.05) is 11.6 Å². The fourth-order valence-corrected chi connectivity index (χ4v) is 4.04. The van der Waals surface area contributed by atoms with Crippen LogP contribution in [0.1, 0.15) is 23.6 Å². The number of carbonyl (C=O) groups excluding carboxylic acids is 1. The van der Waals surface area contributed by atoms with Gasteiger partial charge in [-0.2, -0.15) is 0 Å². The molecule has 168 valence electrons. The molecule has 0 bridgehead atoms. The lowest BCUT2D eigenvalue weighted by Gasteiger charge is -2.18. The highest BCUT2D eigenvalue weighted by atomic mass is 35.5. The summed E-state index contributed by atoms with van der Waals surface area (Å²) in [6, 6.07) is 4.12. The van der Waals surface area contributed by atoms with Gasteiger partial charge >= 0.3 is 0 Å². The topological polar surface area (TPSA) is 196 Å². The minimum atomic E-state index is -4.37. The van der Waals surface area contributed by atoms with Gasteiger partial charge in [0.2, 0.25) is 11.9 Å². The molecular weight excluding hydrogens is 455 g/mol. The summed E-state index contributed by atoms with van der Waals surface area (Å²) in [5.41, 5.74) is 14.9. The number of pyridine rings is 1. The molecular formula is C17H20ClFN6O5S. The Morgan fingerprint density at radius 1 is 1.32 bits per heavy atom. The van der Waals surface area contributed by atoms with Crippen molar-refractivity contribution in [1.82, 2.24) is 4.98 Å². The van der Waals surface area contributed by atoms with Crippen LogP contribution in [-0.4, -0.2) is 31.9 Å². The number of oxime groups is 1. The van der Waals surface area contributed by atoms with Crippen molar-refractivity contribution in [3.8, 4) is 0 Å². The number of aromatic amines is 1. The number of anilines is 1. The zero-order valence-corrected chi connectivity index (χ0v) is 17.8. The van der Waals surface area contributed by atoms with Crippen LogP contribution in [0.5, 0.6) is 0 Å². The van der Waals surface area contributed by atoms with Gasteiger partial charge in [0, 0.05) is 5.69 Å². The van der Waals surface area contributed by atoms with E-state index in [1.165, 1.54) is 13.0 Å². The fourth-order valence-electron chi connectivity index (χ4n) is 2.67. The summed E-state index contributed by atoms with van der Waals surface area (Å²) in [4.78, 5) is 31.5. The molecule has 1 aromatic carbocycles. The number of hydrogen-bond acceptors (Lipinski definition) is 6. The third kappa shape index (κ3) is 6.08. The van der Waals surface area contributed by atoms with Gasteiger partial charge in [-0.05, 0) is 48.3 Å². The summed E-state index contributed by atoms with van der Waals surface area (Å²) >= 11 is 5.65. The first-order valence-corrected chi connectivity index (χ1v) is 10.5. The molecule has 1 aromatic heterocycles. The van der Waals surface area contributed by atoms with Crippen molar-refractivity contribution in [1.29, 1.82) is 0 Å². The summed E-state index contributed by atoms with van der Waals surface area (Å²) < 4.78 is 41.0. The second-order valence-electron chi connectivity index (χ2n) is 6.39. The minimum absolute atomic E-state index is 0.0128. The average molecular weight is 475 g/mol. The first-order chi connectivity index (χ1) is 14.4. The monoisotopic (exact) mass is 474 g/mol. The summed E-state index contributed by atoms with van der Waals surface area (Å²) in [5, 5.41) is 2.90. The molecule has 2 aromatic rings. The summed E-state index contributed by atoms with van der Waals surface area (Å²) in [6.07, 6.45) is -0.0634. The van der Waals surface area contributed by atoms with Crippen molar-refractivity contribution in [2.24, 2.45) is 22.4 Å². The van der Waals surface area contributed by atoms with Gasteiger partial charge in [-0.3, -0.25) is 14.3 Å². The number of nitrogens with one attached hydrogen (secondary N) is 2. The molecule has 0 saturated carbocycles. The van der Waals surface area contributed by atoms with Gasteiger partial charge in [0.05, 0.1) is 15.8 Å². The number of benzene rings is 1. The molecule has 14 heteroatoms. The fraction of sp³-hybridized carbons (Fsp3) is 0.235. The summed E-state index contributed by atoms with van der Waals surface area (Å²) in [7, 11) is -4.37. The lowest BCUT2D eigenvalue weighted by molar-refractivity contribution is -0.119. The van der Waals surface area contributed by atoms with E-state index in [1.54, 1.807) is 0 Å². The predicted octanol–water partition coefficient (Wildman–Crippen LogP) is 0.441. The molecule has 0 fully saturated rings. The molecule has 0 radical (unpaired) electrons. The molecule has 1 amide bonds. The third-order valence-electron chi connectivity index (χ3n) is 4.02. The standard InChI is InChI=1S/C17H20ClFN6O5S/c1-8-6-11(10(15(20)26)4-5-30-24-17(21)22)14(16(27)23-8)25-31(28,29)9-2-3-13(19)12(18)7-9/h2-3,6-7,10,25H,4-5H2,1H3,(H2,20,26)(H,23,27)(H4,21,22,24). The number of aryl methyl sites for hydroxylation is 1. The number of rotatable bonds is 9. The molecule has 0 aliphatic rings. The van der Waals surface area contributed by atoms with E-state index in [4.69, 9.17) is 33.6 Å². The van der Waals surface area contributed by atoms with E-state index in [1.807, 2.05) is 0 Å². The molecule has 1 heterocycles. The first kappa shape index (κ1) is 24.0. The van der Waals surface area contributed by atoms with Crippen LogP contribution in [0, 0.1) is 12.7 Å². The SMILES string of the molecule is Cc1cc(C(CCON=C(N)N)C(N)=O)c(NS(=O)(=O)c2ccc(F)c(Cl)c2)c(=O)[nH]1. The van der Waals surface area contributed by atoms with Gasteiger partial charge in [0.15, 0.2) is 0 Å². The number of H-pyrrole nitrogens is 1. The second-order valence-corrected chi connectivity index (χ2v) is 8.48. The van der Waals surface area contributed by atoms with Crippen molar-refractivity contribution in [2.75, 3.05) is 11.3 Å². The molecule has 0 aliphatic carbocycles. The van der Waals surface area contributed by atoms with Gasteiger partial charge in [0.1, 0.15) is 18.1 Å². The number of halogens is 2. The third-order valence-corrected chi connectivity index (χ3v) is 5.66. The van der Waals surface area contributed by atoms with Crippen LogP contribution >= 0.6 is 11.6 Å². The van der Waals surface area contributed by atoms with Crippen LogP contribution in [0.15, 0.2) is 39.1 Å². The Morgan fingerprint density at radius 2 is 2.00 bits per heavy atom. The molecule has 11 nitrogen and oxygen atoms in total. The molecule has 1 unspecified atom stereocenters. The lowest BCUT2D eigenvalue weighted by atomic mass is 9.94. The van der Waals surface area contributed by atoms with E-state index in [0.29, 0.717) is 5.69 Å². The number of amides is 1. The normalized spacial score (nSPS) is 12.1. The molecule has 0 aliphatic heterocycles. The maximum atomic E-state index is 13.4. The lowest BCUT2D eigenvalue weighted by Crippen LogP contribution is -2.29. The molecule has 31 heavy (non-hydrogen) atoms. The van der Waals surface area contributed by atoms with Crippen LogP contribution in [0.4, 0.5) is 10.1 Å². The van der Waals surface area contributed by atoms with E-state index in [2.05, 4.69) is 14.9 Å². The zero-order chi connectivity index (χ0) is 23.3. The Labute approximate surface area is 181 Å². The Balaban J connectivity index is 2.48. The van der Waals surface area contributed by atoms with Crippen LogP contribution in [0.3, 0.4) is 0 Å². The smallest absolute Gasteiger partial charge is 0.272 e. The number of hydrogen-bond donors (Lipinski definition) is 5. The largest absolute Gasteiger partial charge is 0.393 e. The van der Waals surface area contributed by atoms with Crippen molar-refractivity contribution < 1.29 is 22.4 Å².